The third kappa shape index (κ3) is 1.86. The molecule has 16 heavy (non-hydrogen) atoms. The van der Waals surface area contributed by atoms with Gasteiger partial charge >= 0.3 is 0 Å². The van der Waals surface area contributed by atoms with E-state index in [2.05, 4.69) is 4.98 Å². The average Bonchev–Trinajstić information content (AvgIpc) is 2.30. The number of nitrogen functional groups attached to an aromatic ring is 1. The van der Waals surface area contributed by atoms with Gasteiger partial charge in [-0.2, -0.15) is 5.26 Å². The molecule has 0 amide bonds. The van der Waals surface area contributed by atoms with Crippen LogP contribution in [-0.2, 0) is 0 Å². The first kappa shape index (κ1) is 10.2. The lowest BCUT2D eigenvalue weighted by Crippen LogP contribution is -1.96. The lowest BCUT2D eigenvalue weighted by Gasteiger charge is -2.03. The van der Waals surface area contributed by atoms with Crippen molar-refractivity contribution in [3.8, 4) is 17.3 Å². The number of aryl methyl sites for hydroxylation is 1. The van der Waals surface area contributed by atoms with Crippen molar-refractivity contribution in [2.24, 2.45) is 0 Å². The van der Waals surface area contributed by atoms with E-state index in [9.17, 15) is 0 Å². The van der Waals surface area contributed by atoms with Crippen molar-refractivity contribution >= 4 is 5.82 Å². The molecule has 3 heteroatoms. The van der Waals surface area contributed by atoms with Crippen molar-refractivity contribution in [1.29, 1.82) is 5.26 Å². The quantitative estimate of drug-likeness (QED) is 0.784. The first-order valence-electron chi connectivity index (χ1n) is 4.94. The molecule has 0 saturated heterocycles. The molecule has 0 aliphatic rings. The number of nitriles is 1. The van der Waals surface area contributed by atoms with Gasteiger partial charge in [0.1, 0.15) is 11.9 Å². The van der Waals surface area contributed by atoms with Crippen molar-refractivity contribution in [2.75, 3.05) is 5.73 Å². The van der Waals surface area contributed by atoms with E-state index in [1.54, 1.807) is 12.1 Å². The van der Waals surface area contributed by atoms with E-state index in [0.717, 1.165) is 11.3 Å². The van der Waals surface area contributed by atoms with Crippen LogP contribution in [0.15, 0.2) is 36.4 Å². The van der Waals surface area contributed by atoms with Gasteiger partial charge in [0.2, 0.25) is 0 Å². The fraction of sp³-hybridized carbons (Fsp3) is 0.0769. The number of pyridine rings is 1. The Bertz CT molecular complexity index is 550. The van der Waals surface area contributed by atoms with Crippen LogP contribution >= 0.6 is 0 Å². The van der Waals surface area contributed by atoms with Gasteiger partial charge in [0.15, 0.2) is 0 Å². The zero-order chi connectivity index (χ0) is 11.5. The first-order valence-corrected chi connectivity index (χ1v) is 4.94. The Morgan fingerprint density at radius 3 is 2.38 bits per heavy atom. The number of nitrogens with zero attached hydrogens (tertiary/aromatic N) is 2. The molecule has 0 spiro atoms. The normalized spacial score (nSPS) is 9.75. The van der Waals surface area contributed by atoms with Crippen molar-refractivity contribution in [3.63, 3.8) is 0 Å². The van der Waals surface area contributed by atoms with Crippen LogP contribution in [0.25, 0.3) is 11.3 Å². The van der Waals surface area contributed by atoms with Gasteiger partial charge in [-0.15, -0.1) is 0 Å². The monoisotopic (exact) mass is 209 g/mol. The Labute approximate surface area is 94.2 Å². The molecule has 1 aromatic heterocycles. The van der Waals surface area contributed by atoms with Gasteiger partial charge < -0.3 is 5.73 Å². The van der Waals surface area contributed by atoms with E-state index in [1.807, 2.05) is 37.3 Å². The smallest absolute Gasteiger partial charge is 0.142 e. The second-order valence-electron chi connectivity index (χ2n) is 3.61. The predicted octanol–water partition coefficient (Wildman–Crippen LogP) is 2.51. The second-order valence-corrected chi connectivity index (χ2v) is 3.61. The molecule has 0 aliphatic heterocycles. The number of nitrogens with two attached hydrogens (primary N) is 1. The highest BCUT2D eigenvalue weighted by Crippen LogP contribution is 2.20. The molecule has 1 aromatic carbocycles. The lowest BCUT2D eigenvalue weighted by atomic mass is 10.1. The SMILES string of the molecule is Cc1ccc(-c2ccc(C#N)c(N)n2)cc1. The van der Waals surface area contributed by atoms with Crippen LogP contribution in [0.5, 0.6) is 0 Å². The molecule has 1 heterocycles. The number of hydrogen-bond donors (Lipinski definition) is 1. The first-order chi connectivity index (χ1) is 7.70. The molecule has 0 saturated carbocycles. The minimum atomic E-state index is 0.278. The Hall–Kier alpha value is -2.34. The molecule has 2 N–H and O–H groups in total. The highest BCUT2D eigenvalue weighted by molar-refractivity contribution is 5.63. The van der Waals surface area contributed by atoms with Crippen molar-refractivity contribution in [1.82, 2.24) is 4.98 Å². The third-order valence-electron chi connectivity index (χ3n) is 2.39. The maximum Gasteiger partial charge on any atom is 0.142 e. The summed E-state index contributed by atoms with van der Waals surface area (Å²) < 4.78 is 0. The molecule has 2 aromatic rings. The topological polar surface area (TPSA) is 62.7 Å². The second kappa shape index (κ2) is 4.03. The van der Waals surface area contributed by atoms with Gasteiger partial charge in [-0.1, -0.05) is 29.8 Å². The van der Waals surface area contributed by atoms with Gasteiger partial charge in [0.25, 0.3) is 0 Å². The summed E-state index contributed by atoms with van der Waals surface area (Å²) in [5.74, 6) is 0.278. The maximum atomic E-state index is 8.75. The lowest BCUT2D eigenvalue weighted by molar-refractivity contribution is 1.31. The van der Waals surface area contributed by atoms with E-state index in [4.69, 9.17) is 11.0 Å². The summed E-state index contributed by atoms with van der Waals surface area (Å²) in [5, 5.41) is 8.75. The zero-order valence-electron chi connectivity index (χ0n) is 8.94. The number of aromatic nitrogens is 1. The van der Waals surface area contributed by atoms with Crippen LogP contribution in [0.4, 0.5) is 5.82 Å². The van der Waals surface area contributed by atoms with E-state index in [0.29, 0.717) is 5.56 Å². The molecule has 3 nitrogen and oxygen atoms in total. The summed E-state index contributed by atoms with van der Waals surface area (Å²) in [6.45, 7) is 2.03. The van der Waals surface area contributed by atoms with E-state index >= 15 is 0 Å². The maximum absolute atomic E-state index is 8.75. The highest BCUT2D eigenvalue weighted by Gasteiger charge is 2.03. The molecular formula is C13H11N3. The standard InChI is InChI=1S/C13H11N3/c1-9-2-4-10(5-3-9)12-7-6-11(8-14)13(15)16-12/h2-7H,1H3,(H2,15,16). The highest BCUT2D eigenvalue weighted by atomic mass is 14.8. The molecule has 0 radical (unpaired) electrons. The zero-order valence-corrected chi connectivity index (χ0v) is 8.94. The van der Waals surface area contributed by atoms with E-state index in [-0.39, 0.29) is 5.82 Å². The van der Waals surface area contributed by atoms with Gasteiger partial charge in [-0.25, -0.2) is 4.98 Å². The summed E-state index contributed by atoms with van der Waals surface area (Å²) in [5.41, 5.74) is 9.07. The number of benzene rings is 1. The Kier molecular flexibility index (Phi) is 2.57. The van der Waals surface area contributed by atoms with Crippen LogP contribution in [0.2, 0.25) is 0 Å². The van der Waals surface area contributed by atoms with Crippen LogP contribution in [0, 0.1) is 18.3 Å². The fourth-order valence-electron chi connectivity index (χ4n) is 1.45. The molecule has 2 rings (SSSR count). The molecule has 0 unspecified atom stereocenters. The van der Waals surface area contributed by atoms with Gasteiger partial charge in [0, 0.05) is 5.56 Å². The van der Waals surface area contributed by atoms with Gasteiger partial charge in [-0.3, -0.25) is 0 Å². The molecule has 0 aliphatic carbocycles. The van der Waals surface area contributed by atoms with Crippen LogP contribution < -0.4 is 5.73 Å². The molecule has 78 valence electrons. The van der Waals surface area contributed by atoms with Crippen molar-refractivity contribution < 1.29 is 0 Å². The molecular weight excluding hydrogens is 198 g/mol. The molecule has 0 fully saturated rings. The van der Waals surface area contributed by atoms with E-state index < -0.39 is 0 Å². The Morgan fingerprint density at radius 1 is 1.12 bits per heavy atom. The average molecular weight is 209 g/mol. The Balaban J connectivity index is 2.46. The predicted molar refractivity (Wildman–Crippen MR) is 63.5 cm³/mol. The summed E-state index contributed by atoms with van der Waals surface area (Å²) in [4.78, 5) is 4.20. The summed E-state index contributed by atoms with van der Waals surface area (Å²) in [7, 11) is 0. The Morgan fingerprint density at radius 2 is 1.81 bits per heavy atom. The van der Waals surface area contributed by atoms with Crippen LogP contribution in [0.3, 0.4) is 0 Å². The fourth-order valence-corrected chi connectivity index (χ4v) is 1.45. The number of rotatable bonds is 1. The number of anilines is 1. The van der Waals surface area contributed by atoms with E-state index in [1.165, 1.54) is 5.56 Å². The third-order valence-corrected chi connectivity index (χ3v) is 2.39. The van der Waals surface area contributed by atoms with Crippen LogP contribution in [-0.4, -0.2) is 4.98 Å². The minimum Gasteiger partial charge on any atom is -0.383 e. The summed E-state index contributed by atoms with van der Waals surface area (Å²) in [6, 6.07) is 13.5. The molecule has 0 atom stereocenters. The number of hydrogen-bond acceptors (Lipinski definition) is 3. The van der Waals surface area contributed by atoms with Crippen molar-refractivity contribution in [2.45, 2.75) is 6.92 Å². The minimum absolute atomic E-state index is 0.278. The molecule has 0 bridgehead atoms. The van der Waals surface area contributed by atoms with Gasteiger partial charge in [-0.05, 0) is 19.1 Å². The summed E-state index contributed by atoms with van der Waals surface area (Å²) >= 11 is 0. The van der Waals surface area contributed by atoms with Gasteiger partial charge in [0.05, 0.1) is 11.3 Å². The van der Waals surface area contributed by atoms with Crippen molar-refractivity contribution in [3.05, 3.63) is 47.5 Å². The summed E-state index contributed by atoms with van der Waals surface area (Å²) in [6.07, 6.45) is 0. The van der Waals surface area contributed by atoms with Crippen LogP contribution in [0.1, 0.15) is 11.1 Å². The largest absolute Gasteiger partial charge is 0.383 e.